The third-order valence-corrected chi connectivity index (χ3v) is 19.7. The summed E-state index contributed by atoms with van der Waals surface area (Å²) >= 11 is 2.09. The van der Waals surface area contributed by atoms with Crippen molar-refractivity contribution in [3.8, 4) is 0 Å². The van der Waals surface area contributed by atoms with Crippen molar-refractivity contribution in [1.82, 2.24) is 0 Å². The Morgan fingerprint density at radius 3 is 1.48 bits per heavy atom. The molecule has 0 bridgehead atoms. The van der Waals surface area contributed by atoms with E-state index in [1.807, 2.05) is 0 Å². The van der Waals surface area contributed by atoms with Gasteiger partial charge in [0.05, 0.1) is 5.69 Å². The van der Waals surface area contributed by atoms with Gasteiger partial charge in [0.15, 0.2) is 0 Å². The van der Waals surface area contributed by atoms with Crippen LogP contribution in [-0.2, 0) is 44.3 Å². The Morgan fingerprint density at radius 1 is 0.522 bits per heavy atom. The van der Waals surface area contributed by atoms with Crippen LogP contribution in [0.2, 0.25) is 0 Å². The van der Waals surface area contributed by atoms with E-state index in [2.05, 4.69) is 212 Å². The van der Waals surface area contributed by atoms with Crippen LogP contribution in [0.3, 0.4) is 0 Å². The van der Waals surface area contributed by atoms with Crippen LogP contribution in [0.25, 0.3) is 10.1 Å². The topological polar surface area (TPSA) is 6.48 Å². The van der Waals surface area contributed by atoms with Gasteiger partial charge in [0.1, 0.15) is 0 Å². The monoisotopic (exact) mass is 905 g/mol. The van der Waals surface area contributed by atoms with Crippen LogP contribution in [0, 0.1) is 6.92 Å². The van der Waals surface area contributed by atoms with Crippen LogP contribution < -0.4 is 25.5 Å². The van der Waals surface area contributed by atoms with Crippen LogP contribution in [0.15, 0.2) is 72.8 Å². The van der Waals surface area contributed by atoms with Gasteiger partial charge >= 0.3 is 0 Å². The molecule has 67 heavy (non-hydrogen) atoms. The second-order valence-electron chi connectivity index (χ2n) is 27.0. The van der Waals surface area contributed by atoms with Crippen LogP contribution in [0.5, 0.6) is 0 Å². The lowest BCUT2D eigenvalue weighted by atomic mass is 9.35. The van der Waals surface area contributed by atoms with Gasteiger partial charge in [-0.1, -0.05) is 135 Å². The Labute approximate surface area is 409 Å². The molecule has 3 heterocycles. The van der Waals surface area contributed by atoms with Gasteiger partial charge < -0.3 is 9.80 Å². The minimum absolute atomic E-state index is 0.0622. The third-order valence-electron chi connectivity index (χ3n) is 18.5. The summed E-state index contributed by atoms with van der Waals surface area (Å²) < 4.78 is 2.92. The first kappa shape index (κ1) is 45.2. The van der Waals surface area contributed by atoms with Gasteiger partial charge in [-0.25, -0.2) is 0 Å². The molecule has 1 aromatic heterocycles. The summed E-state index contributed by atoms with van der Waals surface area (Å²) in [7, 11) is 0. The van der Waals surface area contributed by atoms with Crippen LogP contribution >= 0.6 is 11.3 Å². The van der Waals surface area contributed by atoms with E-state index in [0.717, 1.165) is 6.42 Å². The van der Waals surface area contributed by atoms with Gasteiger partial charge in [-0.3, -0.25) is 0 Å². The minimum atomic E-state index is 0.0622. The fourth-order valence-electron chi connectivity index (χ4n) is 13.5. The molecule has 0 atom stereocenters. The summed E-state index contributed by atoms with van der Waals surface area (Å²) in [6.45, 7) is 41.8. The normalized spacial score (nSPS) is 20.9. The molecule has 5 aliphatic rings. The number of hydrogen-bond donors (Lipinski definition) is 0. The van der Waals surface area contributed by atoms with E-state index in [4.69, 9.17) is 0 Å². The zero-order valence-corrected chi connectivity index (χ0v) is 45.1. The Balaban J connectivity index is 1.29. The molecule has 0 fully saturated rings. The fourth-order valence-corrected chi connectivity index (χ4v) is 14.8. The molecule has 0 saturated carbocycles. The summed E-state index contributed by atoms with van der Waals surface area (Å²) in [4.78, 5) is 5.50. The second kappa shape index (κ2) is 14.2. The number of aryl methyl sites for hydroxylation is 2. The molecule has 4 heteroatoms. The number of anilines is 6. The highest BCUT2D eigenvalue weighted by Gasteiger charge is 2.49. The lowest BCUT2D eigenvalue weighted by molar-refractivity contribution is 0.331. The van der Waals surface area contributed by atoms with Gasteiger partial charge in [0.25, 0.3) is 6.71 Å². The SMILES string of the molecule is CCc1cc2c3c(c1)N(c1ccc(C(C)(C)C)cc1)c1c(sc4cc5c(cc14)C(C)(C)CCC5(C)C)B3c1cc3c(cc1N2c1cc2c(cc1C)C(C)(C)CCC2(C)C)C(C)(C)CCC3(C)C. The molecule has 5 aromatic carbocycles. The van der Waals surface area contributed by atoms with Crippen LogP contribution in [0.4, 0.5) is 34.1 Å². The largest absolute Gasteiger partial charge is 0.311 e. The lowest BCUT2D eigenvalue weighted by Crippen LogP contribution is -2.61. The minimum Gasteiger partial charge on any atom is -0.311 e. The number of nitrogens with zero attached hydrogens (tertiary/aromatic N) is 2. The smallest absolute Gasteiger partial charge is 0.264 e. The fraction of sp³-hybridized carbons (Fsp3) is 0.492. The predicted octanol–water partition coefficient (Wildman–Crippen LogP) is 16.2. The average molecular weight is 905 g/mol. The second-order valence-corrected chi connectivity index (χ2v) is 28.0. The first-order valence-corrected chi connectivity index (χ1v) is 26.8. The maximum absolute atomic E-state index is 2.78. The molecule has 2 nitrogen and oxygen atoms in total. The molecule has 11 rings (SSSR count). The van der Waals surface area contributed by atoms with Crippen molar-refractivity contribution < 1.29 is 0 Å². The van der Waals surface area contributed by atoms with Crippen molar-refractivity contribution in [2.45, 2.75) is 201 Å². The first-order valence-electron chi connectivity index (χ1n) is 26.0. The van der Waals surface area contributed by atoms with Gasteiger partial charge in [0, 0.05) is 43.3 Å². The third kappa shape index (κ3) is 6.59. The molecule has 348 valence electrons. The molecule has 2 aliphatic heterocycles. The standard InChI is InChI=1S/C63H77BN2S/c1-18-38-30-51-54-52(31-38)66(49-34-45-42(29-37(49)2)58(6,7)23-26-61(45,12)13)50-35-46-44(60(10,11)25-27-62(46,14)15)33-48(50)64(54)56-55(65(51)40-21-19-39(20-22-40)57(3,4)5)41-32-43-47(36-53(41)67-56)63(16,17)28-24-59(43,8)9/h19-22,29-36H,18,23-28H2,1-17H3. The highest BCUT2D eigenvalue weighted by molar-refractivity contribution is 7.33. The summed E-state index contributed by atoms with van der Waals surface area (Å²) in [6.07, 6.45) is 8.18. The number of fused-ring (bicyclic) bond motifs is 9. The first-order chi connectivity index (χ1) is 31.1. The van der Waals surface area contributed by atoms with Crippen molar-refractivity contribution in [2.24, 2.45) is 0 Å². The highest BCUT2D eigenvalue weighted by Crippen LogP contribution is 2.56. The maximum atomic E-state index is 2.78. The molecule has 0 unspecified atom stereocenters. The Kier molecular flexibility index (Phi) is 9.56. The summed E-state index contributed by atoms with van der Waals surface area (Å²) in [5, 5.41) is 1.41. The van der Waals surface area contributed by atoms with Gasteiger partial charge in [-0.2, -0.15) is 0 Å². The van der Waals surface area contributed by atoms with Crippen molar-refractivity contribution >= 4 is 78.0 Å². The van der Waals surface area contributed by atoms with Gasteiger partial charge in [-0.05, 0) is 199 Å². The lowest BCUT2D eigenvalue weighted by Gasteiger charge is -2.48. The molecular weight excluding hydrogens is 828 g/mol. The van der Waals surface area contributed by atoms with Crippen molar-refractivity contribution in [2.75, 3.05) is 9.80 Å². The number of benzene rings is 5. The van der Waals surface area contributed by atoms with E-state index in [-0.39, 0.29) is 44.6 Å². The molecule has 3 aliphatic carbocycles. The molecule has 0 amide bonds. The van der Waals surface area contributed by atoms with Crippen LogP contribution in [-0.4, -0.2) is 6.71 Å². The number of hydrogen-bond acceptors (Lipinski definition) is 3. The van der Waals surface area contributed by atoms with E-state index in [1.54, 1.807) is 11.1 Å². The summed E-state index contributed by atoms with van der Waals surface area (Å²) in [5.41, 5.74) is 25.0. The number of thiophene rings is 1. The number of rotatable bonds is 3. The van der Waals surface area contributed by atoms with Gasteiger partial charge in [0.2, 0.25) is 0 Å². The van der Waals surface area contributed by atoms with Crippen molar-refractivity contribution in [1.29, 1.82) is 0 Å². The average Bonchev–Trinajstić information content (AvgIpc) is 3.63. The molecule has 0 spiro atoms. The molecule has 6 aromatic rings. The summed E-state index contributed by atoms with van der Waals surface area (Å²) in [6, 6.07) is 30.8. The molecule has 0 radical (unpaired) electrons. The quantitative estimate of drug-likeness (QED) is 0.163. The Morgan fingerprint density at radius 2 is 0.970 bits per heavy atom. The van der Waals surface area contributed by atoms with E-state index < -0.39 is 0 Å². The molecule has 0 saturated heterocycles. The Hall–Kier alpha value is -4.28. The Bertz CT molecular complexity index is 3070. The predicted molar refractivity (Wildman–Crippen MR) is 295 cm³/mol. The zero-order valence-electron chi connectivity index (χ0n) is 44.3. The molecule has 0 N–H and O–H groups in total. The van der Waals surface area contributed by atoms with E-state index in [9.17, 15) is 0 Å². The summed E-state index contributed by atoms with van der Waals surface area (Å²) in [5.74, 6) is 0. The molecular formula is C63H77BN2S. The van der Waals surface area contributed by atoms with E-state index in [0.29, 0.717) is 0 Å². The highest BCUT2D eigenvalue weighted by atomic mass is 32.1. The van der Waals surface area contributed by atoms with Crippen LogP contribution in [0.1, 0.15) is 199 Å². The van der Waals surface area contributed by atoms with E-state index in [1.165, 1.54) is 137 Å². The van der Waals surface area contributed by atoms with Crippen molar-refractivity contribution in [3.63, 3.8) is 0 Å². The van der Waals surface area contributed by atoms with Gasteiger partial charge in [-0.15, -0.1) is 11.3 Å². The van der Waals surface area contributed by atoms with Crippen molar-refractivity contribution in [3.05, 3.63) is 123 Å². The maximum Gasteiger partial charge on any atom is 0.264 e. The van der Waals surface area contributed by atoms with E-state index >= 15 is 0 Å². The zero-order chi connectivity index (χ0) is 47.9.